The standard InChI is InChI=1S/C28H20ClF3N4O6S2/c1-15-3-7-18(42-14-24(37)34-44(40,41)19-8-4-16(29)5-9-19)12-20(15)26-21-11-17(6-10-22(21)43-33-26)36-25(38)13-23(28(30,31)32)35(2)27(36)39/h3-13H,14H2,1-2H3,(H,34,37). The number of carbonyl (C=O) groups excluding carboxylic acids is 1. The van der Waals surface area contributed by atoms with Crippen LogP contribution in [-0.2, 0) is 28.0 Å². The normalized spacial score (nSPS) is 12.0. The second-order valence-electron chi connectivity index (χ2n) is 9.50. The SMILES string of the molecule is Cc1ccc(OCC(=O)NS(=O)(=O)c2ccc(Cl)cc2)cc1-c1nsc2ccc(-n3c(=O)cc(C(F)(F)F)n(C)c3=O)cc12. The summed E-state index contributed by atoms with van der Waals surface area (Å²) in [5.74, 6) is -0.704. The van der Waals surface area contributed by atoms with Crippen LogP contribution in [0.1, 0.15) is 11.3 Å². The molecule has 10 nitrogen and oxygen atoms in total. The van der Waals surface area contributed by atoms with Crippen molar-refractivity contribution in [2.75, 3.05) is 6.61 Å². The summed E-state index contributed by atoms with van der Waals surface area (Å²) < 4.78 is 78.4. The molecule has 16 heteroatoms. The Morgan fingerprint density at radius 3 is 2.43 bits per heavy atom. The van der Waals surface area contributed by atoms with Gasteiger partial charge in [0.15, 0.2) is 6.61 Å². The molecular formula is C28H20ClF3N4O6S2. The molecule has 0 unspecified atom stereocenters. The number of carbonyl (C=O) groups is 1. The molecule has 0 aliphatic carbocycles. The van der Waals surface area contributed by atoms with Crippen LogP contribution >= 0.6 is 23.1 Å². The number of aromatic nitrogens is 3. The van der Waals surface area contributed by atoms with Gasteiger partial charge in [0, 0.05) is 29.1 Å². The monoisotopic (exact) mass is 664 g/mol. The van der Waals surface area contributed by atoms with Crippen molar-refractivity contribution >= 4 is 49.2 Å². The summed E-state index contributed by atoms with van der Waals surface area (Å²) in [5.41, 5.74) is -1.90. The molecule has 0 bridgehead atoms. The van der Waals surface area contributed by atoms with Crippen LogP contribution in [0.25, 0.3) is 27.0 Å². The Bertz CT molecular complexity index is 2160. The van der Waals surface area contributed by atoms with E-state index in [1.807, 2.05) is 4.72 Å². The van der Waals surface area contributed by atoms with Crippen molar-refractivity contribution in [1.29, 1.82) is 0 Å². The van der Waals surface area contributed by atoms with Crippen molar-refractivity contribution in [2.24, 2.45) is 7.05 Å². The second kappa shape index (κ2) is 11.6. The van der Waals surface area contributed by atoms with Crippen molar-refractivity contribution < 1.29 is 31.1 Å². The number of amides is 1. The number of fused-ring (bicyclic) bond motifs is 1. The Morgan fingerprint density at radius 1 is 1.05 bits per heavy atom. The first-order valence-corrected chi connectivity index (χ1v) is 15.1. The number of sulfonamides is 1. The Kier molecular flexibility index (Phi) is 8.13. The van der Waals surface area contributed by atoms with Crippen LogP contribution in [0.15, 0.2) is 81.2 Å². The maximum absolute atomic E-state index is 13.3. The predicted molar refractivity (Wildman–Crippen MR) is 158 cm³/mol. The van der Waals surface area contributed by atoms with Gasteiger partial charge in [0.1, 0.15) is 11.4 Å². The van der Waals surface area contributed by atoms with Crippen LogP contribution in [-0.4, -0.2) is 34.4 Å². The summed E-state index contributed by atoms with van der Waals surface area (Å²) in [7, 11) is -3.22. The molecule has 5 aromatic rings. The van der Waals surface area contributed by atoms with Crippen molar-refractivity contribution in [1.82, 2.24) is 18.2 Å². The van der Waals surface area contributed by atoms with Gasteiger partial charge in [-0.15, -0.1) is 0 Å². The van der Waals surface area contributed by atoms with Crippen molar-refractivity contribution in [3.63, 3.8) is 0 Å². The molecule has 0 atom stereocenters. The summed E-state index contributed by atoms with van der Waals surface area (Å²) in [5, 5.41) is 0.837. The van der Waals surface area contributed by atoms with E-state index in [1.54, 1.807) is 31.2 Å². The molecular weight excluding hydrogens is 645 g/mol. The molecule has 1 N–H and O–H groups in total. The topological polar surface area (TPSA) is 129 Å². The fourth-order valence-corrected chi connectivity index (χ4v) is 6.21. The Labute approximate surface area is 256 Å². The lowest BCUT2D eigenvalue weighted by Crippen LogP contribution is -2.40. The van der Waals surface area contributed by atoms with Gasteiger partial charge in [0.2, 0.25) is 0 Å². The molecule has 0 aliphatic heterocycles. The third-order valence-electron chi connectivity index (χ3n) is 6.53. The highest BCUT2D eigenvalue weighted by Crippen LogP contribution is 2.35. The van der Waals surface area contributed by atoms with Crippen molar-refractivity contribution in [2.45, 2.75) is 18.0 Å². The first-order valence-electron chi connectivity index (χ1n) is 12.5. The highest BCUT2D eigenvalue weighted by molar-refractivity contribution is 7.90. The number of nitrogens with one attached hydrogen (secondary N) is 1. The first kappa shape index (κ1) is 31.0. The Balaban J connectivity index is 1.43. The number of hydrogen-bond acceptors (Lipinski definition) is 8. The fraction of sp³-hybridized carbons (Fsp3) is 0.143. The van der Waals surface area contributed by atoms with Crippen LogP contribution in [0, 0.1) is 6.92 Å². The van der Waals surface area contributed by atoms with Crippen LogP contribution in [0.2, 0.25) is 5.02 Å². The van der Waals surface area contributed by atoms with Gasteiger partial charge in [-0.25, -0.2) is 22.5 Å². The lowest BCUT2D eigenvalue weighted by Gasteiger charge is -2.14. The van der Waals surface area contributed by atoms with E-state index in [-0.39, 0.29) is 16.3 Å². The lowest BCUT2D eigenvalue weighted by molar-refractivity contribution is -0.144. The molecule has 228 valence electrons. The van der Waals surface area contributed by atoms with Gasteiger partial charge in [-0.2, -0.15) is 17.5 Å². The zero-order valence-electron chi connectivity index (χ0n) is 22.7. The summed E-state index contributed by atoms with van der Waals surface area (Å²) in [6.45, 7) is 1.16. The molecule has 0 saturated carbocycles. The first-order chi connectivity index (χ1) is 20.7. The number of rotatable bonds is 7. The van der Waals surface area contributed by atoms with Crippen LogP contribution in [0.3, 0.4) is 0 Å². The molecule has 0 saturated heterocycles. The van der Waals surface area contributed by atoms with E-state index in [0.717, 1.165) is 24.1 Å². The summed E-state index contributed by atoms with van der Waals surface area (Å²) >= 11 is 6.90. The van der Waals surface area contributed by atoms with Gasteiger partial charge >= 0.3 is 11.9 Å². The molecule has 44 heavy (non-hydrogen) atoms. The highest BCUT2D eigenvalue weighted by atomic mass is 35.5. The number of halogens is 4. The predicted octanol–water partition coefficient (Wildman–Crippen LogP) is 4.68. The molecule has 0 spiro atoms. The summed E-state index contributed by atoms with van der Waals surface area (Å²) in [6, 6.07) is 15.0. The molecule has 0 radical (unpaired) electrons. The number of ether oxygens (including phenoxy) is 1. The van der Waals surface area contributed by atoms with Crippen molar-refractivity contribution in [3.8, 4) is 22.7 Å². The second-order valence-corrected chi connectivity index (χ2v) is 12.4. The Morgan fingerprint density at radius 2 is 1.75 bits per heavy atom. The molecule has 1 amide bonds. The molecule has 5 rings (SSSR count). The highest BCUT2D eigenvalue weighted by Gasteiger charge is 2.35. The van der Waals surface area contributed by atoms with Crippen LogP contribution < -0.4 is 20.7 Å². The maximum atomic E-state index is 13.3. The minimum atomic E-state index is -4.89. The third kappa shape index (κ3) is 6.11. The summed E-state index contributed by atoms with van der Waals surface area (Å²) in [6.07, 6.45) is -4.89. The van der Waals surface area contributed by atoms with Gasteiger partial charge in [-0.1, -0.05) is 17.7 Å². The minimum Gasteiger partial charge on any atom is -0.484 e. The van der Waals surface area contributed by atoms with E-state index in [0.29, 0.717) is 41.6 Å². The van der Waals surface area contributed by atoms with E-state index in [4.69, 9.17) is 16.3 Å². The van der Waals surface area contributed by atoms with E-state index in [9.17, 15) is 36.0 Å². The molecule has 0 fully saturated rings. The smallest absolute Gasteiger partial charge is 0.431 e. The average molecular weight is 665 g/mol. The quantitative estimate of drug-likeness (QED) is 0.268. The number of alkyl halides is 3. The molecule has 0 aliphatic rings. The zero-order chi connectivity index (χ0) is 32.0. The minimum absolute atomic E-state index is 0.0434. The number of hydrogen-bond donors (Lipinski definition) is 1. The van der Waals surface area contributed by atoms with Gasteiger partial charge in [0.05, 0.1) is 21.0 Å². The van der Waals surface area contributed by atoms with Gasteiger partial charge in [-0.05, 0) is 78.6 Å². The van der Waals surface area contributed by atoms with Crippen molar-refractivity contribution in [3.05, 3.63) is 104 Å². The lowest BCUT2D eigenvalue weighted by atomic mass is 10.0. The molecule has 3 aromatic carbocycles. The average Bonchev–Trinajstić information content (AvgIpc) is 3.37. The maximum Gasteiger partial charge on any atom is 0.431 e. The summed E-state index contributed by atoms with van der Waals surface area (Å²) in [4.78, 5) is 37.7. The van der Waals surface area contributed by atoms with Gasteiger partial charge in [-0.3, -0.25) is 14.2 Å². The fourth-order valence-electron chi connectivity index (χ4n) is 4.34. The largest absolute Gasteiger partial charge is 0.484 e. The van der Waals surface area contributed by atoms with E-state index in [1.165, 1.54) is 36.4 Å². The number of nitrogens with zero attached hydrogens (tertiary/aromatic N) is 3. The zero-order valence-corrected chi connectivity index (χ0v) is 25.1. The van der Waals surface area contributed by atoms with Crippen LogP contribution in [0.4, 0.5) is 13.2 Å². The van der Waals surface area contributed by atoms with E-state index < -0.39 is 45.7 Å². The van der Waals surface area contributed by atoms with Gasteiger partial charge < -0.3 is 4.74 Å². The number of aryl methyl sites for hydroxylation is 1. The molecule has 2 heterocycles. The van der Waals surface area contributed by atoms with Gasteiger partial charge in [0.25, 0.3) is 21.5 Å². The third-order valence-corrected chi connectivity index (χ3v) is 9.00. The number of benzene rings is 3. The van der Waals surface area contributed by atoms with Crippen LogP contribution in [0.5, 0.6) is 5.75 Å². The van der Waals surface area contributed by atoms with E-state index in [2.05, 4.69) is 4.37 Å². The Hall–Kier alpha value is -4.47. The molecule has 2 aromatic heterocycles. The van der Waals surface area contributed by atoms with E-state index >= 15 is 0 Å².